The summed E-state index contributed by atoms with van der Waals surface area (Å²) in [6.45, 7) is 15.5. The average molecular weight is 629 g/mol. The van der Waals surface area contributed by atoms with Crippen LogP contribution in [0, 0.1) is 0 Å². The molecule has 1 aromatic heterocycles. The fourth-order valence-corrected chi connectivity index (χ4v) is 5.65. The molecular weight excluding hydrogens is 594 g/mol. The largest absolute Gasteiger partial charge is 1.00 e. The standard InChI is InChI=1S/C27H36N2O6S2.ClH.2Na/c1-16(2)22-11-20(36(30,31)32)12-23(17(3)4)26(22)28-9-10-29(15-28)27-24(18(5)6)13-21(37(33,34)35)14-25(27)19(7)8;;;/h9-19H,1-8H3,(H-,30,31,32,33,34,35);1H;;/q;;2*+1/p-2. The Morgan fingerprint density at radius 1 is 0.650 bits per heavy atom. The molecule has 0 saturated carbocycles. The van der Waals surface area contributed by atoms with Gasteiger partial charge in [0.05, 0.1) is 9.79 Å². The van der Waals surface area contributed by atoms with E-state index in [1.807, 2.05) is 83.2 Å². The van der Waals surface area contributed by atoms with Gasteiger partial charge in [0.1, 0.15) is 44.0 Å². The third kappa shape index (κ3) is 8.66. The van der Waals surface area contributed by atoms with Crippen molar-refractivity contribution in [2.75, 3.05) is 0 Å². The Hall–Kier alpha value is -0.240. The van der Waals surface area contributed by atoms with Crippen LogP contribution in [0.25, 0.3) is 11.4 Å². The molecule has 3 aromatic rings. The molecule has 1 heterocycles. The van der Waals surface area contributed by atoms with Crippen LogP contribution >= 0.6 is 0 Å². The second kappa shape index (κ2) is 15.0. The maximum absolute atomic E-state index is 11.9. The summed E-state index contributed by atoms with van der Waals surface area (Å²) in [4.78, 5) is -0.496. The van der Waals surface area contributed by atoms with Gasteiger partial charge < -0.3 is 21.5 Å². The quantitative estimate of drug-likeness (QED) is 0.143. The zero-order valence-corrected chi connectivity index (χ0v) is 31.3. The van der Waals surface area contributed by atoms with Gasteiger partial charge >= 0.3 is 59.1 Å². The number of rotatable bonds is 8. The summed E-state index contributed by atoms with van der Waals surface area (Å²) in [5, 5.41) is 0. The second-order valence-electron chi connectivity index (χ2n) is 10.7. The number of hydrogen-bond acceptors (Lipinski definition) is 6. The molecule has 0 fully saturated rings. The summed E-state index contributed by atoms with van der Waals surface area (Å²) in [6, 6.07) is 5.80. The van der Waals surface area contributed by atoms with Gasteiger partial charge in [-0.1, -0.05) is 55.4 Å². The molecule has 210 valence electrons. The van der Waals surface area contributed by atoms with Crippen molar-refractivity contribution in [3.05, 3.63) is 65.2 Å². The summed E-state index contributed by atoms with van der Waals surface area (Å²) in [7, 11) is -9.27. The predicted octanol–water partition coefficient (Wildman–Crippen LogP) is -3.93. The first-order valence-electron chi connectivity index (χ1n) is 12.3. The average Bonchev–Trinajstić information content (AvgIpc) is 3.25. The van der Waals surface area contributed by atoms with Crippen molar-refractivity contribution in [3.8, 4) is 11.4 Å². The molecule has 8 nitrogen and oxygen atoms in total. The van der Waals surface area contributed by atoms with Crippen molar-refractivity contribution >= 4 is 20.2 Å². The van der Waals surface area contributed by atoms with Crippen molar-refractivity contribution in [1.82, 2.24) is 4.57 Å². The van der Waals surface area contributed by atoms with Gasteiger partial charge in [0.15, 0.2) is 0 Å². The monoisotopic (exact) mass is 628 g/mol. The van der Waals surface area contributed by atoms with Crippen LogP contribution in [0.5, 0.6) is 0 Å². The molecule has 40 heavy (non-hydrogen) atoms. The second-order valence-corrected chi connectivity index (χ2v) is 13.4. The van der Waals surface area contributed by atoms with E-state index in [2.05, 4.69) is 0 Å². The normalized spacial score (nSPS) is 11.9. The van der Waals surface area contributed by atoms with E-state index in [-0.39, 0.29) is 105 Å². The van der Waals surface area contributed by atoms with E-state index >= 15 is 0 Å². The van der Waals surface area contributed by atoms with Crippen molar-refractivity contribution in [3.63, 3.8) is 0 Å². The number of hydrogen-bond donors (Lipinski definition) is 0. The predicted molar refractivity (Wildman–Crippen MR) is 140 cm³/mol. The molecule has 3 rings (SSSR count). The minimum atomic E-state index is -4.64. The summed E-state index contributed by atoms with van der Waals surface area (Å²) < 4.78 is 75.1. The molecule has 0 aliphatic heterocycles. The summed E-state index contributed by atoms with van der Waals surface area (Å²) >= 11 is 0. The molecule has 0 saturated heterocycles. The summed E-state index contributed by atoms with van der Waals surface area (Å²) in [6.07, 6.45) is 5.56. The first-order chi connectivity index (χ1) is 16.9. The Balaban J connectivity index is 0.00000507. The maximum atomic E-state index is 11.9. The summed E-state index contributed by atoms with van der Waals surface area (Å²) in [5.74, 6) is -0.263. The van der Waals surface area contributed by atoms with Gasteiger partial charge in [-0.2, -0.15) is 0 Å². The van der Waals surface area contributed by atoms with Gasteiger partial charge in [0, 0.05) is 22.3 Å². The summed E-state index contributed by atoms with van der Waals surface area (Å²) in [5.41, 5.74) is 4.50. The number of benzene rings is 2. The molecule has 2 aromatic carbocycles. The molecule has 13 heteroatoms. The first kappa shape index (κ1) is 39.8. The van der Waals surface area contributed by atoms with E-state index in [9.17, 15) is 25.9 Å². The van der Waals surface area contributed by atoms with E-state index in [1.165, 1.54) is 24.3 Å². The fourth-order valence-electron chi connectivity index (χ4n) is 4.57. The van der Waals surface area contributed by atoms with Crippen LogP contribution in [0.3, 0.4) is 0 Å². The van der Waals surface area contributed by atoms with Crippen LogP contribution < -0.4 is 76.1 Å². The zero-order chi connectivity index (χ0) is 28.0. The molecular formula is C27H35ClN2Na2O6S2. The number of imidazole rings is 1. The van der Waals surface area contributed by atoms with Crippen LogP contribution in [0.1, 0.15) is 101 Å². The van der Waals surface area contributed by atoms with Gasteiger partial charge in [-0.15, -0.1) is 0 Å². The molecule has 0 atom stereocenters. The van der Waals surface area contributed by atoms with Crippen LogP contribution in [0.15, 0.2) is 52.8 Å². The van der Waals surface area contributed by atoms with Gasteiger partial charge in [0.2, 0.25) is 0 Å². The number of halogens is 1. The molecule has 0 aliphatic carbocycles. The molecule has 0 aliphatic rings. The Morgan fingerprint density at radius 2 is 0.975 bits per heavy atom. The third-order valence-corrected chi connectivity index (χ3v) is 8.13. The van der Waals surface area contributed by atoms with Crippen LogP contribution in [-0.4, -0.2) is 30.5 Å². The minimum Gasteiger partial charge on any atom is -1.00 e. The van der Waals surface area contributed by atoms with E-state index < -0.39 is 20.2 Å². The minimum absolute atomic E-state index is 0. The molecule has 0 N–H and O–H groups in total. The van der Waals surface area contributed by atoms with E-state index in [0.717, 1.165) is 33.6 Å². The third-order valence-electron chi connectivity index (χ3n) is 6.50. The van der Waals surface area contributed by atoms with E-state index in [1.54, 1.807) is 0 Å². The van der Waals surface area contributed by atoms with Crippen LogP contribution in [0.4, 0.5) is 0 Å². The van der Waals surface area contributed by atoms with E-state index in [0.29, 0.717) is 0 Å². The Bertz CT molecular complexity index is 1380. The van der Waals surface area contributed by atoms with Gasteiger partial charge in [-0.25, -0.2) is 26.0 Å². The van der Waals surface area contributed by atoms with Crippen molar-refractivity contribution in [2.45, 2.75) is 88.9 Å². The van der Waals surface area contributed by atoms with Crippen molar-refractivity contribution in [1.29, 1.82) is 0 Å². The van der Waals surface area contributed by atoms with Crippen LogP contribution in [0.2, 0.25) is 0 Å². The molecule has 0 spiro atoms. The van der Waals surface area contributed by atoms with Crippen molar-refractivity contribution in [2.24, 2.45) is 0 Å². The topological polar surface area (TPSA) is 123 Å². The molecule has 0 radical (unpaired) electrons. The van der Waals surface area contributed by atoms with Gasteiger partial charge in [-0.3, -0.25) is 0 Å². The molecule has 0 bridgehead atoms. The zero-order valence-electron chi connectivity index (χ0n) is 24.9. The Kier molecular flexibility index (Phi) is 14.9. The Morgan fingerprint density at radius 3 is 1.27 bits per heavy atom. The van der Waals surface area contributed by atoms with Crippen LogP contribution in [-0.2, 0) is 20.2 Å². The SMILES string of the molecule is CC(C)c1cc(S(=O)(=O)[O-])cc(C(C)C)c1-n1cc[n+](-c2c(C(C)C)cc(S(=O)(=O)[O-])cc2C(C)C)c1.[Cl-].[Na+].[Na+]. The first-order valence-corrected chi connectivity index (χ1v) is 15.1. The van der Waals surface area contributed by atoms with Crippen molar-refractivity contribution < 1.29 is 102 Å². The number of aromatic nitrogens is 2. The van der Waals surface area contributed by atoms with E-state index in [4.69, 9.17) is 0 Å². The fraction of sp³-hybridized carbons (Fsp3) is 0.444. The molecule has 0 amide bonds. The van der Waals surface area contributed by atoms with Gasteiger partial charge in [-0.05, 0) is 47.9 Å². The Labute approximate surface area is 289 Å². The molecule has 0 unspecified atom stereocenters. The number of nitrogens with zero attached hydrogens (tertiary/aromatic N) is 2. The smallest absolute Gasteiger partial charge is 1.00 e. The van der Waals surface area contributed by atoms with Gasteiger partial charge in [0.25, 0.3) is 6.33 Å². The maximum Gasteiger partial charge on any atom is 1.00 e.